The molecule has 0 spiro atoms. The molecule has 3 rings (SSSR count). The maximum atomic E-state index is 4.25. The van der Waals surface area contributed by atoms with Crippen molar-refractivity contribution in [3.8, 4) is 0 Å². The van der Waals surface area contributed by atoms with Crippen LogP contribution in [-0.4, -0.2) is 45.8 Å². The summed E-state index contributed by atoms with van der Waals surface area (Å²) in [6.07, 6.45) is 5.34. The minimum absolute atomic E-state index is 0.655. The Balaban J connectivity index is 1.52. The number of hydrogen-bond acceptors (Lipinski definition) is 3. The Kier molecular flexibility index (Phi) is 4.36. The third-order valence-electron chi connectivity index (χ3n) is 4.31. The van der Waals surface area contributed by atoms with E-state index in [-0.39, 0.29) is 0 Å². The lowest BCUT2D eigenvalue weighted by Crippen LogP contribution is -2.33. The second-order valence-electron chi connectivity index (χ2n) is 6.10. The zero-order chi connectivity index (χ0) is 14.7. The summed E-state index contributed by atoms with van der Waals surface area (Å²) in [5.41, 5.74) is 2.70. The van der Waals surface area contributed by atoms with Gasteiger partial charge in [-0.25, -0.2) is 0 Å². The highest BCUT2D eigenvalue weighted by Crippen LogP contribution is 2.18. The summed E-state index contributed by atoms with van der Waals surface area (Å²) in [7, 11) is 4.22. The van der Waals surface area contributed by atoms with Gasteiger partial charge in [-0.05, 0) is 19.0 Å². The first-order valence-electron chi connectivity index (χ1n) is 7.65. The highest BCUT2D eigenvalue weighted by Gasteiger charge is 2.25. The topological polar surface area (TPSA) is 24.3 Å². The molecule has 0 saturated carbocycles. The minimum Gasteiger partial charge on any atom is -0.298 e. The highest BCUT2D eigenvalue weighted by atomic mass is 15.3. The molecule has 1 aliphatic heterocycles. The summed E-state index contributed by atoms with van der Waals surface area (Å²) in [5, 5.41) is 4.25. The van der Waals surface area contributed by atoms with Gasteiger partial charge in [-0.15, -0.1) is 0 Å². The molecule has 0 aliphatic carbocycles. The van der Waals surface area contributed by atoms with E-state index < -0.39 is 0 Å². The fourth-order valence-corrected chi connectivity index (χ4v) is 3.13. The van der Waals surface area contributed by atoms with Crippen LogP contribution in [0, 0.1) is 0 Å². The van der Waals surface area contributed by atoms with E-state index in [1.807, 2.05) is 17.9 Å². The first kappa shape index (κ1) is 14.3. The first-order valence-corrected chi connectivity index (χ1v) is 7.65. The average molecular weight is 284 g/mol. The van der Waals surface area contributed by atoms with Crippen LogP contribution in [-0.2, 0) is 20.1 Å². The van der Waals surface area contributed by atoms with Gasteiger partial charge in [0.05, 0.1) is 6.20 Å². The summed E-state index contributed by atoms with van der Waals surface area (Å²) in [5.74, 6) is 0. The molecule has 0 amide bonds. The van der Waals surface area contributed by atoms with Crippen LogP contribution >= 0.6 is 0 Å². The van der Waals surface area contributed by atoms with E-state index in [9.17, 15) is 0 Å². The van der Waals surface area contributed by atoms with Crippen LogP contribution < -0.4 is 0 Å². The van der Waals surface area contributed by atoms with Crippen molar-refractivity contribution in [1.29, 1.82) is 0 Å². The molecule has 1 aromatic carbocycles. The Morgan fingerprint density at radius 2 is 2.05 bits per heavy atom. The van der Waals surface area contributed by atoms with Gasteiger partial charge in [0.2, 0.25) is 0 Å². The van der Waals surface area contributed by atoms with Crippen LogP contribution in [0.25, 0.3) is 0 Å². The Hall–Kier alpha value is -1.65. The number of likely N-dealkylation sites (tertiary alicyclic amines) is 1. The van der Waals surface area contributed by atoms with Crippen LogP contribution in [0.15, 0.2) is 42.7 Å². The van der Waals surface area contributed by atoms with Gasteiger partial charge in [0.1, 0.15) is 0 Å². The van der Waals surface area contributed by atoms with Crippen LogP contribution in [0.3, 0.4) is 0 Å². The van der Waals surface area contributed by atoms with Gasteiger partial charge >= 0.3 is 0 Å². The molecule has 1 atom stereocenters. The number of hydrogen-bond donors (Lipinski definition) is 0. The van der Waals surface area contributed by atoms with Crippen molar-refractivity contribution in [2.75, 3.05) is 20.1 Å². The molecule has 1 unspecified atom stereocenters. The molecular weight excluding hydrogens is 260 g/mol. The summed E-state index contributed by atoms with van der Waals surface area (Å²) in [6, 6.07) is 11.4. The van der Waals surface area contributed by atoms with E-state index in [1.54, 1.807) is 0 Å². The normalized spacial score (nSPS) is 19.5. The molecule has 1 aliphatic rings. The second kappa shape index (κ2) is 6.41. The van der Waals surface area contributed by atoms with Crippen LogP contribution in [0.2, 0.25) is 0 Å². The Morgan fingerprint density at radius 1 is 1.24 bits per heavy atom. The van der Waals surface area contributed by atoms with Crippen molar-refractivity contribution in [1.82, 2.24) is 19.6 Å². The molecule has 112 valence electrons. The molecule has 2 aromatic rings. The Labute approximate surface area is 127 Å². The lowest BCUT2D eigenvalue weighted by Gasteiger charge is -2.24. The van der Waals surface area contributed by atoms with Crippen LogP contribution in [0.4, 0.5) is 0 Å². The fraction of sp³-hybridized carbons (Fsp3) is 0.471. The van der Waals surface area contributed by atoms with Crippen LogP contribution in [0.1, 0.15) is 17.5 Å². The zero-order valence-corrected chi connectivity index (χ0v) is 12.9. The maximum absolute atomic E-state index is 4.25. The first-order chi connectivity index (χ1) is 10.2. The van der Waals surface area contributed by atoms with Gasteiger partial charge in [0.15, 0.2) is 0 Å². The molecule has 1 fully saturated rings. The number of aryl methyl sites for hydroxylation is 1. The minimum atomic E-state index is 0.655. The quantitative estimate of drug-likeness (QED) is 0.840. The van der Waals surface area contributed by atoms with Crippen molar-refractivity contribution in [2.24, 2.45) is 7.05 Å². The molecule has 0 radical (unpaired) electrons. The van der Waals surface area contributed by atoms with Gasteiger partial charge in [-0.3, -0.25) is 14.5 Å². The molecule has 0 N–H and O–H groups in total. The van der Waals surface area contributed by atoms with E-state index in [0.29, 0.717) is 6.04 Å². The monoisotopic (exact) mass is 284 g/mol. The van der Waals surface area contributed by atoms with Crippen molar-refractivity contribution >= 4 is 0 Å². The fourth-order valence-electron chi connectivity index (χ4n) is 3.13. The summed E-state index contributed by atoms with van der Waals surface area (Å²) in [4.78, 5) is 5.02. The molecule has 0 bridgehead atoms. The molecule has 21 heavy (non-hydrogen) atoms. The van der Waals surface area contributed by atoms with E-state index >= 15 is 0 Å². The smallest absolute Gasteiger partial charge is 0.0534 e. The van der Waals surface area contributed by atoms with Gasteiger partial charge < -0.3 is 0 Å². The highest BCUT2D eigenvalue weighted by molar-refractivity contribution is 5.14. The van der Waals surface area contributed by atoms with Gasteiger partial charge in [-0.1, -0.05) is 30.3 Å². The van der Waals surface area contributed by atoms with Crippen molar-refractivity contribution in [2.45, 2.75) is 25.6 Å². The van der Waals surface area contributed by atoms with E-state index in [2.05, 4.69) is 58.5 Å². The average Bonchev–Trinajstić information content (AvgIpc) is 3.10. The van der Waals surface area contributed by atoms with E-state index in [4.69, 9.17) is 0 Å². The SMILES string of the molecule is CN(Cc1ccccc1)C1CCN(Cc2cnn(C)c2)C1. The van der Waals surface area contributed by atoms with Crippen LogP contribution in [0.5, 0.6) is 0 Å². The molecule has 1 aromatic heterocycles. The second-order valence-corrected chi connectivity index (χ2v) is 6.10. The third-order valence-corrected chi connectivity index (χ3v) is 4.31. The molecular formula is C17H24N4. The third kappa shape index (κ3) is 3.71. The van der Waals surface area contributed by atoms with E-state index in [1.165, 1.54) is 24.1 Å². The maximum Gasteiger partial charge on any atom is 0.0534 e. The number of likely N-dealkylation sites (N-methyl/N-ethyl adjacent to an activating group) is 1. The number of nitrogens with zero attached hydrogens (tertiary/aromatic N) is 4. The molecule has 2 heterocycles. The molecule has 4 nitrogen and oxygen atoms in total. The van der Waals surface area contributed by atoms with Gasteiger partial charge in [0.25, 0.3) is 0 Å². The van der Waals surface area contributed by atoms with Gasteiger partial charge in [-0.2, -0.15) is 5.10 Å². The summed E-state index contributed by atoms with van der Waals surface area (Å²) >= 11 is 0. The number of rotatable bonds is 5. The summed E-state index contributed by atoms with van der Waals surface area (Å²) < 4.78 is 1.88. The largest absolute Gasteiger partial charge is 0.298 e. The number of benzene rings is 1. The summed E-state index contributed by atoms with van der Waals surface area (Å²) in [6.45, 7) is 4.38. The standard InChI is InChI=1S/C17H24N4/c1-19(11-15-6-4-3-5-7-15)17-8-9-21(14-17)13-16-10-18-20(2)12-16/h3-7,10,12,17H,8-9,11,13-14H2,1-2H3. The zero-order valence-electron chi connectivity index (χ0n) is 12.9. The van der Waals surface area contributed by atoms with Crippen molar-refractivity contribution in [3.63, 3.8) is 0 Å². The molecule has 1 saturated heterocycles. The van der Waals surface area contributed by atoms with Crippen molar-refractivity contribution < 1.29 is 0 Å². The predicted octanol–water partition coefficient (Wildman–Crippen LogP) is 2.13. The lowest BCUT2D eigenvalue weighted by molar-refractivity contribution is 0.222. The molecule has 4 heteroatoms. The predicted molar refractivity (Wildman–Crippen MR) is 84.8 cm³/mol. The van der Waals surface area contributed by atoms with Gasteiger partial charge in [0, 0.05) is 51.0 Å². The number of aromatic nitrogens is 2. The Morgan fingerprint density at radius 3 is 2.76 bits per heavy atom. The van der Waals surface area contributed by atoms with Crippen molar-refractivity contribution in [3.05, 3.63) is 53.9 Å². The van der Waals surface area contributed by atoms with E-state index in [0.717, 1.165) is 19.6 Å². The Bertz CT molecular complexity index is 563. The lowest BCUT2D eigenvalue weighted by atomic mass is 10.1.